The normalized spacial score (nSPS) is 26.0. The van der Waals surface area contributed by atoms with E-state index in [2.05, 4.69) is 54.6 Å². The number of hydrogen-bond acceptors (Lipinski definition) is 2. The topological polar surface area (TPSA) is 29.5 Å². The van der Waals surface area contributed by atoms with Crippen molar-refractivity contribution in [3.63, 3.8) is 0 Å². The van der Waals surface area contributed by atoms with Crippen molar-refractivity contribution in [1.82, 2.24) is 0 Å². The summed E-state index contributed by atoms with van der Waals surface area (Å²) in [6.45, 7) is 0. The van der Waals surface area contributed by atoms with Gasteiger partial charge in [0, 0.05) is 5.92 Å². The number of aliphatic hydroxyl groups is 1. The standard InChI is InChI=1S/C23H20O2/c1-25-17-12-10-16(11-13-17)23-19-8-4-2-6-15(19)14-21(23)22(24)18-7-3-5-9-20(18)23/h2-13,21-22,24H,14H2,1H3/t21-,22?,23+/m1/s1. The molecule has 0 fully saturated rings. The van der Waals surface area contributed by atoms with Crippen LogP contribution >= 0.6 is 0 Å². The van der Waals surface area contributed by atoms with Gasteiger partial charge in [-0.3, -0.25) is 0 Å². The fourth-order valence-corrected chi connectivity index (χ4v) is 5.08. The van der Waals surface area contributed by atoms with E-state index >= 15 is 0 Å². The fourth-order valence-electron chi connectivity index (χ4n) is 5.08. The van der Waals surface area contributed by atoms with E-state index in [0.29, 0.717) is 0 Å². The summed E-state index contributed by atoms with van der Waals surface area (Å²) in [4.78, 5) is 0. The summed E-state index contributed by atoms with van der Waals surface area (Å²) in [6.07, 6.45) is 0.462. The number of fused-ring (bicyclic) bond motifs is 5. The molecule has 0 spiro atoms. The Morgan fingerprint density at radius 2 is 1.56 bits per heavy atom. The highest BCUT2D eigenvalue weighted by atomic mass is 16.5. The minimum absolute atomic E-state index is 0.135. The summed E-state index contributed by atoms with van der Waals surface area (Å²) < 4.78 is 5.35. The third-order valence-electron chi connectivity index (χ3n) is 6.07. The van der Waals surface area contributed by atoms with E-state index in [4.69, 9.17) is 4.74 Å². The van der Waals surface area contributed by atoms with Crippen LogP contribution in [0.2, 0.25) is 0 Å². The molecule has 2 aliphatic rings. The molecule has 3 aromatic carbocycles. The second-order valence-electron chi connectivity index (χ2n) is 7.04. The molecule has 0 bridgehead atoms. The molecule has 0 heterocycles. The predicted octanol–water partition coefficient (Wildman–Crippen LogP) is 4.25. The molecule has 0 amide bonds. The van der Waals surface area contributed by atoms with E-state index in [-0.39, 0.29) is 11.3 Å². The Kier molecular flexibility index (Phi) is 3.07. The van der Waals surface area contributed by atoms with Gasteiger partial charge in [-0.05, 0) is 46.4 Å². The Balaban J connectivity index is 1.85. The molecule has 124 valence electrons. The molecule has 2 heteroatoms. The number of rotatable bonds is 2. The van der Waals surface area contributed by atoms with Gasteiger partial charge in [-0.25, -0.2) is 0 Å². The maximum atomic E-state index is 11.1. The molecule has 2 nitrogen and oxygen atoms in total. The van der Waals surface area contributed by atoms with Gasteiger partial charge in [0.2, 0.25) is 0 Å². The van der Waals surface area contributed by atoms with E-state index in [1.54, 1.807) is 7.11 Å². The summed E-state index contributed by atoms with van der Waals surface area (Å²) in [5.74, 6) is 0.991. The summed E-state index contributed by atoms with van der Waals surface area (Å²) in [5.41, 5.74) is 5.93. The average Bonchev–Trinajstić information content (AvgIpc) is 3.14. The molecule has 25 heavy (non-hydrogen) atoms. The molecular formula is C23H20O2. The third-order valence-corrected chi connectivity index (χ3v) is 6.07. The van der Waals surface area contributed by atoms with Crippen LogP contribution in [0.3, 0.4) is 0 Å². The Morgan fingerprint density at radius 3 is 2.32 bits per heavy atom. The molecule has 0 saturated carbocycles. The Bertz CT molecular complexity index is 944. The lowest BCUT2D eigenvalue weighted by atomic mass is 9.68. The number of benzene rings is 3. The molecule has 0 aliphatic heterocycles. The van der Waals surface area contributed by atoms with Gasteiger partial charge >= 0.3 is 0 Å². The highest BCUT2D eigenvalue weighted by Crippen LogP contribution is 2.62. The van der Waals surface area contributed by atoms with Gasteiger partial charge in [0.25, 0.3) is 0 Å². The number of aliphatic hydroxyl groups excluding tert-OH is 1. The minimum Gasteiger partial charge on any atom is -0.497 e. The Morgan fingerprint density at radius 1 is 0.880 bits per heavy atom. The van der Waals surface area contributed by atoms with Crippen LogP contribution < -0.4 is 4.74 Å². The number of hydrogen-bond donors (Lipinski definition) is 1. The number of methoxy groups -OCH3 is 1. The Hall–Kier alpha value is -2.58. The van der Waals surface area contributed by atoms with Crippen LogP contribution in [0.25, 0.3) is 0 Å². The predicted molar refractivity (Wildman–Crippen MR) is 97.9 cm³/mol. The molecular weight excluding hydrogens is 308 g/mol. The average molecular weight is 328 g/mol. The zero-order chi connectivity index (χ0) is 17.0. The smallest absolute Gasteiger partial charge is 0.118 e. The van der Waals surface area contributed by atoms with Gasteiger partial charge in [0.15, 0.2) is 0 Å². The highest BCUT2D eigenvalue weighted by Gasteiger charge is 2.57. The van der Waals surface area contributed by atoms with Gasteiger partial charge in [-0.15, -0.1) is 0 Å². The minimum atomic E-state index is -0.439. The second kappa shape index (κ2) is 5.21. The molecule has 3 aromatic rings. The van der Waals surface area contributed by atoms with Gasteiger partial charge < -0.3 is 9.84 Å². The Labute approximate surface area is 147 Å². The first-order valence-electron chi connectivity index (χ1n) is 8.77. The van der Waals surface area contributed by atoms with Crippen molar-refractivity contribution in [3.8, 4) is 5.75 Å². The molecule has 1 N–H and O–H groups in total. The van der Waals surface area contributed by atoms with Crippen LogP contribution in [0.4, 0.5) is 0 Å². The molecule has 5 rings (SSSR count). The summed E-state index contributed by atoms with van der Waals surface area (Å²) >= 11 is 0. The van der Waals surface area contributed by atoms with E-state index in [1.165, 1.54) is 22.3 Å². The van der Waals surface area contributed by atoms with Gasteiger partial charge in [0.05, 0.1) is 18.6 Å². The van der Waals surface area contributed by atoms with Gasteiger partial charge in [0.1, 0.15) is 5.75 Å². The summed E-state index contributed by atoms with van der Waals surface area (Å²) in [7, 11) is 1.69. The number of ether oxygens (including phenoxy) is 1. The third kappa shape index (κ3) is 1.78. The molecule has 0 saturated heterocycles. The molecule has 0 aromatic heterocycles. The lowest BCUT2D eigenvalue weighted by Crippen LogP contribution is -2.32. The van der Waals surface area contributed by atoms with Crippen LogP contribution in [0.15, 0.2) is 72.8 Å². The van der Waals surface area contributed by atoms with Crippen molar-refractivity contribution in [2.24, 2.45) is 5.92 Å². The summed E-state index contributed by atoms with van der Waals surface area (Å²) in [5, 5.41) is 11.1. The van der Waals surface area contributed by atoms with Crippen LogP contribution in [0.5, 0.6) is 5.75 Å². The monoisotopic (exact) mass is 328 g/mol. The zero-order valence-electron chi connectivity index (χ0n) is 14.1. The zero-order valence-corrected chi connectivity index (χ0v) is 14.1. The fraction of sp³-hybridized carbons (Fsp3) is 0.217. The van der Waals surface area contributed by atoms with Gasteiger partial charge in [-0.2, -0.15) is 0 Å². The lowest BCUT2D eigenvalue weighted by Gasteiger charge is -2.33. The van der Waals surface area contributed by atoms with Crippen molar-refractivity contribution in [2.75, 3.05) is 7.11 Å². The molecule has 3 atom stereocenters. The first kappa shape index (κ1) is 14.7. The van der Waals surface area contributed by atoms with E-state index in [0.717, 1.165) is 17.7 Å². The van der Waals surface area contributed by atoms with Crippen molar-refractivity contribution in [3.05, 3.63) is 101 Å². The van der Waals surface area contributed by atoms with Crippen molar-refractivity contribution < 1.29 is 9.84 Å². The summed E-state index contributed by atoms with van der Waals surface area (Å²) in [6, 6.07) is 25.4. The van der Waals surface area contributed by atoms with E-state index in [1.807, 2.05) is 18.2 Å². The van der Waals surface area contributed by atoms with Crippen LogP contribution in [-0.2, 0) is 11.8 Å². The van der Waals surface area contributed by atoms with Gasteiger partial charge in [-0.1, -0.05) is 60.7 Å². The van der Waals surface area contributed by atoms with Crippen LogP contribution in [0.1, 0.15) is 33.9 Å². The highest BCUT2D eigenvalue weighted by molar-refractivity contribution is 5.63. The lowest BCUT2D eigenvalue weighted by molar-refractivity contribution is 0.108. The molecule has 0 radical (unpaired) electrons. The van der Waals surface area contributed by atoms with E-state index in [9.17, 15) is 5.11 Å². The van der Waals surface area contributed by atoms with Crippen molar-refractivity contribution in [2.45, 2.75) is 17.9 Å². The molecule has 2 aliphatic carbocycles. The largest absolute Gasteiger partial charge is 0.497 e. The first-order valence-corrected chi connectivity index (χ1v) is 8.77. The maximum absolute atomic E-state index is 11.1. The molecule has 1 unspecified atom stereocenters. The first-order chi connectivity index (χ1) is 12.3. The van der Waals surface area contributed by atoms with Crippen LogP contribution in [-0.4, -0.2) is 12.2 Å². The van der Waals surface area contributed by atoms with Crippen LogP contribution in [0, 0.1) is 5.92 Å². The maximum Gasteiger partial charge on any atom is 0.118 e. The quantitative estimate of drug-likeness (QED) is 0.762. The van der Waals surface area contributed by atoms with E-state index < -0.39 is 6.10 Å². The SMILES string of the molecule is COc1ccc([C@@]23c4ccccc4C[C@@H]2C(O)c2ccccc23)cc1. The second-order valence-corrected chi connectivity index (χ2v) is 7.04. The van der Waals surface area contributed by atoms with Crippen molar-refractivity contribution in [1.29, 1.82) is 0 Å². The van der Waals surface area contributed by atoms with Crippen molar-refractivity contribution >= 4 is 0 Å².